The molecule has 0 saturated carbocycles. The highest BCUT2D eigenvalue weighted by atomic mass is 35.5. The number of hydrogen-bond donors (Lipinski definition) is 2. The smallest absolute Gasteiger partial charge is 0.269 e. The molecule has 0 bridgehead atoms. The summed E-state index contributed by atoms with van der Waals surface area (Å²) in [5, 5.41) is 10.5. The minimum absolute atomic E-state index is 0.0358. The van der Waals surface area contributed by atoms with Crippen molar-refractivity contribution in [2.75, 3.05) is 20.3 Å². The van der Waals surface area contributed by atoms with Gasteiger partial charge in [-0.15, -0.1) is 0 Å². The number of amides is 1. The summed E-state index contributed by atoms with van der Waals surface area (Å²) in [6.07, 6.45) is 0.729. The van der Waals surface area contributed by atoms with Crippen molar-refractivity contribution in [3.8, 4) is 11.3 Å². The molecule has 23 heavy (non-hydrogen) atoms. The number of aromatic nitrogens is 2. The van der Waals surface area contributed by atoms with Gasteiger partial charge in [-0.2, -0.15) is 5.10 Å². The molecule has 1 aromatic carbocycles. The van der Waals surface area contributed by atoms with Crippen LogP contribution in [-0.2, 0) is 9.47 Å². The molecule has 6 nitrogen and oxygen atoms in total. The van der Waals surface area contributed by atoms with Crippen LogP contribution < -0.4 is 5.32 Å². The second kappa shape index (κ2) is 7.12. The quantitative estimate of drug-likeness (QED) is 0.898. The Labute approximate surface area is 139 Å². The van der Waals surface area contributed by atoms with Gasteiger partial charge in [-0.05, 0) is 24.6 Å². The van der Waals surface area contributed by atoms with Gasteiger partial charge in [0.15, 0.2) is 0 Å². The molecule has 0 radical (unpaired) electrons. The molecular weight excluding hydrogens is 318 g/mol. The predicted octanol–water partition coefficient (Wildman–Crippen LogP) is 2.26. The molecule has 3 rings (SSSR count). The number of carbonyl (C=O) groups is 1. The Morgan fingerprint density at radius 3 is 2.96 bits per heavy atom. The number of ether oxygens (including phenoxy) is 2. The number of carbonyl (C=O) groups excluding carboxylic acids is 1. The summed E-state index contributed by atoms with van der Waals surface area (Å²) in [5.74, 6) is -0.227. The van der Waals surface area contributed by atoms with Crippen LogP contribution in [0.15, 0.2) is 30.3 Å². The van der Waals surface area contributed by atoms with Gasteiger partial charge in [0.05, 0.1) is 24.4 Å². The molecule has 1 saturated heterocycles. The van der Waals surface area contributed by atoms with E-state index in [1.807, 2.05) is 12.1 Å². The number of benzene rings is 1. The van der Waals surface area contributed by atoms with Crippen LogP contribution in [0.25, 0.3) is 11.3 Å². The zero-order valence-electron chi connectivity index (χ0n) is 12.7. The molecule has 0 unspecified atom stereocenters. The van der Waals surface area contributed by atoms with Gasteiger partial charge in [0.25, 0.3) is 5.91 Å². The van der Waals surface area contributed by atoms with E-state index in [9.17, 15) is 4.79 Å². The van der Waals surface area contributed by atoms with Crippen molar-refractivity contribution < 1.29 is 14.3 Å². The maximum atomic E-state index is 12.4. The number of H-pyrrole nitrogens is 1. The fraction of sp³-hybridized carbons (Fsp3) is 0.375. The van der Waals surface area contributed by atoms with Gasteiger partial charge in [-0.25, -0.2) is 0 Å². The molecule has 0 spiro atoms. The van der Waals surface area contributed by atoms with E-state index in [2.05, 4.69) is 15.5 Å². The summed E-state index contributed by atoms with van der Waals surface area (Å²) >= 11 is 5.87. The lowest BCUT2D eigenvalue weighted by molar-refractivity contribution is -0.0349. The molecule has 7 heteroatoms. The van der Waals surface area contributed by atoms with Crippen LogP contribution >= 0.6 is 11.6 Å². The molecule has 0 aliphatic carbocycles. The Morgan fingerprint density at radius 1 is 1.43 bits per heavy atom. The topological polar surface area (TPSA) is 76.2 Å². The Balaban J connectivity index is 1.69. The van der Waals surface area contributed by atoms with Gasteiger partial charge in [0, 0.05) is 24.3 Å². The van der Waals surface area contributed by atoms with Crippen molar-refractivity contribution in [1.29, 1.82) is 0 Å². The summed E-state index contributed by atoms with van der Waals surface area (Å²) in [4.78, 5) is 12.4. The SMILES string of the molecule is CO[C@@H]1CCOC[C@H]1NC(=O)c1cc(-c2ccc(Cl)cc2)n[nH]1. The first-order valence-corrected chi connectivity index (χ1v) is 7.78. The average molecular weight is 336 g/mol. The van der Waals surface area contributed by atoms with Crippen LogP contribution in [-0.4, -0.2) is 48.6 Å². The average Bonchev–Trinajstić information content (AvgIpc) is 3.06. The Bertz CT molecular complexity index is 671. The monoisotopic (exact) mass is 335 g/mol. The molecule has 2 heterocycles. The number of hydrogen-bond acceptors (Lipinski definition) is 4. The molecule has 1 aliphatic rings. The fourth-order valence-corrected chi connectivity index (χ4v) is 2.71. The van der Waals surface area contributed by atoms with Crippen LogP contribution in [0.2, 0.25) is 5.02 Å². The number of nitrogens with one attached hydrogen (secondary N) is 2. The van der Waals surface area contributed by atoms with Crippen molar-refractivity contribution in [3.63, 3.8) is 0 Å². The first-order chi connectivity index (χ1) is 11.2. The van der Waals surface area contributed by atoms with Gasteiger partial charge in [0.1, 0.15) is 5.69 Å². The number of halogens is 1. The van der Waals surface area contributed by atoms with Gasteiger partial charge < -0.3 is 14.8 Å². The lowest BCUT2D eigenvalue weighted by Gasteiger charge is -2.30. The highest BCUT2D eigenvalue weighted by Crippen LogP contribution is 2.20. The second-order valence-electron chi connectivity index (χ2n) is 5.39. The summed E-state index contributed by atoms with van der Waals surface area (Å²) in [6, 6.07) is 8.83. The first kappa shape index (κ1) is 16.0. The lowest BCUT2D eigenvalue weighted by Crippen LogP contribution is -2.50. The summed E-state index contributed by atoms with van der Waals surface area (Å²) in [6.45, 7) is 1.10. The van der Waals surface area contributed by atoms with E-state index in [4.69, 9.17) is 21.1 Å². The van der Waals surface area contributed by atoms with Crippen molar-refractivity contribution >= 4 is 17.5 Å². The minimum atomic E-state index is -0.227. The number of methoxy groups -OCH3 is 1. The Kier molecular flexibility index (Phi) is 4.95. The Morgan fingerprint density at radius 2 is 2.22 bits per heavy atom. The summed E-state index contributed by atoms with van der Waals surface area (Å²) in [5.41, 5.74) is 1.98. The molecule has 2 N–H and O–H groups in total. The third kappa shape index (κ3) is 3.72. The van der Waals surface area contributed by atoms with Crippen LogP contribution in [0.4, 0.5) is 0 Å². The molecular formula is C16H18ClN3O3. The normalized spacial score (nSPS) is 21.1. The van der Waals surface area contributed by atoms with E-state index in [0.29, 0.717) is 29.6 Å². The summed E-state index contributed by atoms with van der Waals surface area (Å²) in [7, 11) is 1.64. The van der Waals surface area contributed by atoms with Gasteiger partial charge in [0.2, 0.25) is 0 Å². The second-order valence-corrected chi connectivity index (χ2v) is 5.83. The number of nitrogens with zero attached hydrogens (tertiary/aromatic N) is 1. The van der Waals surface area contributed by atoms with Crippen molar-refractivity contribution in [2.24, 2.45) is 0 Å². The number of rotatable bonds is 4. The Hall–Kier alpha value is -1.89. The molecule has 1 fully saturated rings. The molecule has 2 aromatic rings. The number of aromatic amines is 1. The van der Waals surface area contributed by atoms with E-state index in [0.717, 1.165) is 12.0 Å². The van der Waals surface area contributed by atoms with Gasteiger partial charge >= 0.3 is 0 Å². The van der Waals surface area contributed by atoms with Crippen LogP contribution in [0, 0.1) is 0 Å². The van der Waals surface area contributed by atoms with E-state index in [-0.39, 0.29) is 18.1 Å². The molecule has 1 amide bonds. The first-order valence-electron chi connectivity index (χ1n) is 7.40. The fourth-order valence-electron chi connectivity index (χ4n) is 2.59. The van der Waals surface area contributed by atoms with E-state index < -0.39 is 0 Å². The maximum Gasteiger partial charge on any atom is 0.269 e. The molecule has 2 atom stereocenters. The van der Waals surface area contributed by atoms with Crippen molar-refractivity contribution in [1.82, 2.24) is 15.5 Å². The lowest BCUT2D eigenvalue weighted by atomic mass is 10.1. The van der Waals surface area contributed by atoms with Gasteiger partial charge in [-0.1, -0.05) is 23.7 Å². The molecule has 1 aliphatic heterocycles. The van der Waals surface area contributed by atoms with Crippen molar-refractivity contribution in [2.45, 2.75) is 18.6 Å². The zero-order valence-corrected chi connectivity index (χ0v) is 13.5. The largest absolute Gasteiger partial charge is 0.379 e. The molecule has 122 valence electrons. The van der Waals surface area contributed by atoms with Gasteiger partial charge in [-0.3, -0.25) is 9.89 Å². The van der Waals surface area contributed by atoms with Crippen LogP contribution in [0.5, 0.6) is 0 Å². The predicted molar refractivity (Wildman–Crippen MR) is 86.5 cm³/mol. The standard InChI is InChI=1S/C16H18ClN3O3/c1-22-15-6-7-23-9-14(15)18-16(21)13-8-12(19-20-13)10-2-4-11(17)5-3-10/h2-5,8,14-15H,6-7,9H2,1H3,(H,18,21)(H,19,20)/t14-,15-/m1/s1. The van der Waals surface area contributed by atoms with E-state index >= 15 is 0 Å². The van der Waals surface area contributed by atoms with Crippen LogP contribution in [0.1, 0.15) is 16.9 Å². The maximum absolute atomic E-state index is 12.4. The highest BCUT2D eigenvalue weighted by Gasteiger charge is 2.27. The third-order valence-electron chi connectivity index (χ3n) is 3.87. The highest BCUT2D eigenvalue weighted by molar-refractivity contribution is 6.30. The van der Waals surface area contributed by atoms with Crippen molar-refractivity contribution in [3.05, 3.63) is 41.0 Å². The van der Waals surface area contributed by atoms with Crippen LogP contribution in [0.3, 0.4) is 0 Å². The zero-order chi connectivity index (χ0) is 16.2. The molecule has 1 aromatic heterocycles. The van der Waals surface area contributed by atoms with E-state index in [1.165, 1.54) is 0 Å². The third-order valence-corrected chi connectivity index (χ3v) is 4.13. The van der Waals surface area contributed by atoms with E-state index in [1.54, 1.807) is 25.3 Å². The minimum Gasteiger partial charge on any atom is -0.379 e. The summed E-state index contributed by atoms with van der Waals surface area (Å²) < 4.78 is 10.8.